The fraction of sp³-hybridized carbons (Fsp3) is 0.609. The molecular weight excluding hydrogens is 396 g/mol. The second-order valence-corrected chi connectivity index (χ2v) is 8.91. The van der Waals surface area contributed by atoms with E-state index in [1.54, 1.807) is 25.7 Å². The highest BCUT2D eigenvalue weighted by Gasteiger charge is 2.34. The number of hydrogen-bond donors (Lipinski definition) is 3. The summed E-state index contributed by atoms with van der Waals surface area (Å²) in [7, 11) is 0. The summed E-state index contributed by atoms with van der Waals surface area (Å²) in [5.41, 5.74) is 5.74. The lowest BCUT2D eigenvalue weighted by atomic mass is 10.0. The molecule has 2 atom stereocenters. The first-order chi connectivity index (χ1) is 14.7. The number of carbonyl (C=O) groups is 3. The Morgan fingerprint density at radius 3 is 2.58 bits per heavy atom. The highest BCUT2D eigenvalue weighted by atomic mass is 16.6. The number of alkyl carbamates (subject to hydrolysis) is 1. The van der Waals surface area contributed by atoms with Crippen molar-refractivity contribution in [2.75, 3.05) is 19.6 Å². The van der Waals surface area contributed by atoms with E-state index in [0.717, 1.165) is 18.4 Å². The Morgan fingerprint density at radius 2 is 1.94 bits per heavy atom. The number of hydrogen-bond acceptors (Lipinski definition) is 5. The fourth-order valence-corrected chi connectivity index (χ4v) is 3.62. The minimum absolute atomic E-state index is 0.0579. The molecule has 8 nitrogen and oxygen atoms in total. The molecule has 1 saturated heterocycles. The predicted octanol–water partition coefficient (Wildman–Crippen LogP) is 1.97. The molecule has 0 aromatic heterocycles. The Hall–Kier alpha value is -2.61. The molecule has 0 radical (unpaired) electrons. The zero-order chi connectivity index (χ0) is 22.9. The predicted molar refractivity (Wildman–Crippen MR) is 119 cm³/mol. The largest absolute Gasteiger partial charge is 0.444 e. The standard InChI is InChI=1S/C23H36N4O4/c1-23(2,3)31-22(30)26-19(15-17-9-5-4-6-10-17)21(29)27-14-8-11-18(27)16-25-20(28)12-7-13-24/h4-6,9-10,18-19H,7-8,11-16,24H2,1-3H3,(H,25,28)(H,26,30)/t18-,19+/m1/s1. The van der Waals surface area contributed by atoms with Crippen molar-refractivity contribution in [3.8, 4) is 0 Å². The molecule has 0 aliphatic carbocycles. The van der Waals surface area contributed by atoms with Gasteiger partial charge in [0, 0.05) is 32.0 Å². The van der Waals surface area contributed by atoms with Gasteiger partial charge in [-0.05, 0) is 52.1 Å². The van der Waals surface area contributed by atoms with Crippen LogP contribution in [-0.4, -0.2) is 60.1 Å². The molecule has 1 heterocycles. The van der Waals surface area contributed by atoms with Crippen LogP contribution in [0.5, 0.6) is 0 Å². The molecule has 1 aromatic rings. The SMILES string of the molecule is CC(C)(C)OC(=O)N[C@@H](Cc1ccccc1)C(=O)N1CCC[C@@H]1CNC(=O)CCCN. The molecule has 31 heavy (non-hydrogen) atoms. The molecule has 0 spiro atoms. The van der Waals surface area contributed by atoms with Gasteiger partial charge in [0.15, 0.2) is 0 Å². The van der Waals surface area contributed by atoms with E-state index >= 15 is 0 Å². The average Bonchev–Trinajstić information content (AvgIpc) is 3.17. The summed E-state index contributed by atoms with van der Waals surface area (Å²) in [6, 6.07) is 8.73. The molecule has 0 bridgehead atoms. The highest BCUT2D eigenvalue weighted by Crippen LogP contribution is 2.19. The maximum absolute atomic E-state index is 13.4. The first-order valence-corrected chi connectivity index (χ1v) is 11.0. The third-order valence-electron chi connectivity index (χ3n) is 5.07. The number of nitrogens with one attached hydrogen (secondary N) is 2. The molecule has 1 aromatic carbocycles. The molecule has 1 aliphatic heterocycles. The van der Waals surface area contributed by atoms with Crippen LogP contribution >= 0.6 is 0 Å². The van der Waals surface area contributed by atoms with Crippen LogP contribution in [0, 0.1) is 0 Å². The third kappa shape index (κ3) is 8.57. The number of nitrogens with zero attached hydrogens (tertiary/aromatic N) is 1. The van der Waals surface area contributed by atoms with E-state index in [0.29, 0.717) is 38.9 Å². The van der Waals surface area contributed by atoms with E-state index in [1.165, 1.54) is 0 Å². The number of amides is 3. The van der Waals surface area contributed by atoms with Crippen LogP contribution in [0.25, 0.3) is 0 Å². The summed E-state index contributed by atoms with van der Waals surface area (Å²) in [6.07, 6.45) is 2.44. The molecule has 4 N–H and O–H groups in total. The Morgan fingerprint density at radius 1 is 1.23 bits per heavy atom. The zero-order valence-electron chi connectivity index (χ0n) is 18.9. The van der Waals surface area contributed by atoms with E-state index in [9.17, 15) is 14.4 Å². The number of ether oxygens (including phenoxy) is 1. The Kier molecular flexibility index (Phi) is 9.30. The topological polar surface area (TPSA) is 114 Å². The van der Waals surface area contributed by atoms with Gasteiger partial charge >= 0.3 is 6.09 Å². The van der Waals surface area contributed by atoms with Crippen molar-refractivity contribution in [1.82, 2.24) is 15.5 Å². The fourth-order valence-electron chi connectivity index (χ4n) is 3.62. The van der Waals surface area contributed by atoms with Crippen molar-refractivity contribution in [3.05, 3.63) is 35.9 Å². The molecular formula is C23H36N4O4. The summed E-state index contributed by atoms with van der Waals surface area (Å²) in [4.78, 5) is 39.5. The van der Waals surface area contributed by atoms with Crippen molar-refractivity contribution in [2.45, 2.75) is 70.6 Å². The lowest BCUT2D eigenvalue weighted by molar-refractivity contribution is -0.134. The van der Waals surface area contributed by atoms with E-state index in [1.807, 2.05) is 30.3 Å². The van der Waals surface area contributed by atoms with Crippen LogP contribution in [0.4, 0.5) is 4.79 Å². The van der Waals surface area contributed by atoms with Crippen molar-refractivity contribution < 1.29 is 19.1 Å². The zero-order valence-corrected chi connectivity index (χ0v) is 18.9. The molecule has 3 amide bonds. The summed E-state index contributed by atoms with van der Waals surface area (Å²) >= 11 is 0. The number of likely N-dealkylation sites (tertiary alicyclic amines) is 1. The first-order valence-electron chi connectivity index (χ1n) is 11.0. The van der Waals surface area contributed by atoms with Gasteiger partial charge in [-0.3, -0.25) is 9.59 Å². The number of benzene rings is 1. The maximum Gasteiger partial charge on any atom is 0.408 e. The summed E-state index contributed by atoms with van der Waals surface area (Å²) in [5.74, 6) is -0.217. The monoisotopic (exact) mass is 432 g/mol. The second-order valence-electron chi connectivity index (χ2n) is 8.91. The second kappa shape index (κ2) is 11.7. The van der Waals surface area contributed by atoms with Gasteiger partial charge < -0.3 is 26.0 Å². The van der Waals surface area contributed by atoms with Gasteiger partial charge in [0.25, 0.3) is 0 Å². The Labute approximate surface area is 184 Å². The minimum Gasteiger partial charge on any atom is -0.444 e. The molecule has 1 fully saturated rings. The van der Waals surface area contributed by atoms with Crippen LogP contribution in [0.15, 0.2) is 30.3 Å². The highest BCUT2D eigenvalue weighted by molar-refractivity contribution is 5.86. The van der Waals surface area contributed by atoms with Crippen LogP contribution < -0.4 is 16.4 Å². The summed E-state index contributed by atoms with van der Waals surface area (Å²) in [5, 5.41) is 5.66. The average molecular weight is 433 g/mol. The van der Waals surface area contributed by atoms with Gasteiger partial charge in [-0.1, -0.05) is 30.3 Å². The van der Waals surface area contributed by atoms with Crippen LogP contribution in [0.1, 0.15) is 52.0 Å². The quantitative estimate of drug-likeness (QED) is 0.552. The van der Waals surface area contributed by atoms with Gasteiger partial charge in [0.1, 0.15) is 11.6 Å². The normalized spacial score (nSPS) is 17.2. The Bertz CT molecular complexity index is 733. The van der Waals surface area contributed by atoms with Crippen LogP contribution in [0.3, 0.4) is 0 Å². The molecule has 172 valence electrons. The van der Waals surface area contributed by atoms with Crippen LogP contribution in [-0.2, 0) is 20.7 Å². The molecule has 0 unspecified atom stereocenters. The van der Waals surface area contributed by atoms with Crippen molar-refractivity contribution in [1.29, 1.82) is 0 Å². The lowest BCUT2D eigenvalue weighted by Crippen LogP contribution is -2.53. The van der Waals surface area contributed by atoms with Crippen LogP contribution in [0.2, 0.25) is 0 Å². The molecule has 0 saturated carbocycles. The smallest absolute Gasteiger partial charge is 0.408 e. The lowest BCUT2D eigenvalue weighted by Gasteiger charge is -2.30. The number of nitrogens with two attached hydrogens (primary N) is 1. The summed E-state index contributed by atoms with van der Waals surface area (Å²) in [6.45, 7) is 6.82. The van der Waals surface area contributed by atoms with Gasteiger partial charge in [0.05, 0.1) is 0 Å². The van der Waals surface area contributed by atoms with Crippen molar-refractivity contribution in [3.63, 3.8) is 0 Å². The van der Waals surface area contributed by atoms with E-state index in [-0.39, 0.29) is 17.9 Å². The Balaban J connectivity index is 2.07. The molecule has 8 heteroatoms. The molecule has 1 aliphatic rings. The third-order valence-corrected chi connectivity index (χ3v) is 5.07. The molecule has 2 rings (SSSR count). The maximum atomic E-state index is 13.4. The van der Waals surface area contributed by atoms with Crippen molar-refractivity contribution in [2.24, 2.45) is 5.73 Å². The van der Waals surface area contributed by atoms with Gasteiger partial charge in [-0.2, -0.15) is 0 Å². The first kappa shape index (κ1) is 24.7. The number of carbonyl (C=O) groups excluding carboxylic acids is 3. The van der Waals surface area contributed by atoms with E-state index in [2.05, 4.69) is 10.6 Å². The van der Waals surface area contributed by atoms with Gasteiger partial charge in [-0.15, -0.1) is 0 Å². The van der Waals surface area contributed by atoms with E-state index in [4.69, 9.17) is 10.5 Å². The number of rotatable bonds is 9. The van der Waals surface area contributed by atoms with Gasteiger partial charge in [0.2, 0.25) is 11.8 Å². The van der Waals surface area contributed by atoms with Crippen molar-refractivity contribution >= 4 is 17.9 Å². The minimum atomic E-state index is -0.745. The summed E-state index contributed by atoms with van der Waals surface area (Å²) < 4.78 is 5.37. The van der Waals surface area contributed by atoms with E-state index < -0.39 is 17.7 Å². The van der Waals surface area contributed by atoms with Gasteiger partial charge in [-0.25, -0.2) is 4.79 Å².